The van der Waals surface area contributed by atoms with E-state index in [1.807, 2.05) is 13.8 Å². The van der Waals surface area contributed by atoms with Gasteiger partial charge in [-0.3, -0.25) is 0 Å². The first-order chi connectivity index (χ1) is 8.33. The predicted octanol–water partition coefficient (Wildman–Crippen LogP) is 2.85. The lowest BCUT2D eigenvalue weighted by Crippen LogP contribution is -2.17. The SMILES string of the molecule is CC(C)c1nc(CCOCC(F)(F)F)sc1CN. The fourth-order valence-electron chi connectivity index (χ4n) is 1.47. The van der Waals surface area contributed by atoms with Crippen molar-refractivity contribution in [2.45, 2.75) is 38.9 Å². The molecule has 0 saturated heterocycles. The zero-order valence-electron chi connectivity index (χ0n) is 10.4. The maximum atomic E-state index is 11.9. The van der Waals surface area contributed by atoms with Gasteiger partial charge in [0.15, 0.2) is 0 Å². The van der Waals surface area contributed by atoms with E-state index >= 15 is 0 Å². The molecule has 0 aliphatic rings. The van der Waals surface area contributed by atoms with Crippen LogP contribution < -0.4 is 5.73 Å². The van der Waals surface area contributed by atoms with Gasteiger partial charge in [0.05, 0.1) is 17.3 Å². The monoisotopic (exact) mass is 282 g/mol. The second-order valence-corrected chi connectivity index (χ2v) is 5.36. The van der Waals surface area contributed by atoms with Crippen molar-refractivity contribution in [1.82, 2.24) is 4.98 Å². The molecule has 0 amide bonds. The Labute approximate surface area is 108 Å². The molecule has 0 aliphatic heterocycles. The highest BCUT2D eigenvalue weighted by atomic mass is 32.1. The van der Waals surface area contributed by atoms with E-state index in [2.05, 4.69) is 9.72 Å². The molecule has 1 aromatic heterocycles. The minimum Gasteiger partial charge on any atom is -0.372 e. The summed E-state index contributed by atoms with van der Waals surface area (Å²) < 4.78 is 40.1. The van der Waals surface area contributed by atoms with Crippen LogP contribution in [0.4, 0.5) is 13.2 Å². The van der Waals surface area contributed by atoms with Gasteiger partial charge in [0.25, 0.3) is 0 Å². The normalized spacial score (nSPS) is 12.4. The van der Waals surface area contributed by atoms with Gasteiger partial charge < -0.3 is 10.5 Å². The molecule has 0 atom stereocenters. The van der Waals surface area contributed by atoms with Gasteiger partial charge in [-0.25, -0.2) is 4.98 Å². The lowest BCUT2D eigenvalue weighted by Gasteiger charge is -2.06. The van der Waals surface area contributed by atoms with E-state index in [-0.39, 0.29) is 12.5 Å². The standard InChI is InChI=1S/C11H17F3N2OS/c1-7(2)10-8(5-15)18-9(16-10)3-4-17-6-11(12,13)14/h7H,3-6,15H2,1-2H3. The predicted molar refractivity (Wildman–Crippen MR) is 64.7 cm³/mol. The Hall–Kier alpha value is -0.660. The van der Waals surface area contributed by atoms with Gasteiger partial charge in [-0.15, -0.1) is 11.3 Å². The number of alkyl halides is 3. The maximum absolute atomic E-state index is 11.9. The van der Waals surface area contributed by atoms with Crippen molar-refractivity contribution in [3.8, 4) is 0 Å². The zero-order valence-corrected chi connectivity index (χ0v) is 11.2. The van der Waals surface area contributed by atoms with Gasteiger partial charge in [0.2, 0.25) is 0 Å². The third-order valence-electron chi connectivity index (χ3n) is 2.23. The summed E-state index contributed by atoms with van der Waals surface area (Å²) in [7, 11) is 0. The van der Waals surface area contributed by atoms with Crippen molar-refractivity contribution < 1.29 is 17.9 Å². The highest BCUT2D eigenvalue weighted by Gasteiger charge is 2.27. The summed E-state index contributed by atoms with van der Waals surface area (Å²) in [6.07, 6.45) is -3.88. The number of hydrogen-bond donors (Lipinski definition) is 1. The summed E-state index contributed by atoms with van der Waals surface area (Å²) in [6.45, 7) is 3.25. The Balaban J connectivity index is 2.48. The molecular weight excluding hydrogens is 265 g/mol. The molecule has 0 bridgehead atoms. The molecule has 0 unspecified atom stereocenters. The zero-order chi connectivity index (χ0) is 13.8. The van der Waals surface area contributed by atoms with Crippen LogP contribution in [0, 0.1) is 0 Å². The molecule has 0 spiro atoms. The smallest absolute Gasteiger partial charge is 0.372 e. The number of rotatable bonds is 6. The summed E-state index contributed by atoms with van der Waals surface area (Å²) in [6, 6.07) is 0. The molecule has 18 heavy (non-hydrogen) atoms. The van der Waals surface area contributed by atoms with Crippen LogP contribution >= 0.6 is 11.3 Å². The first-order valence-electron chi connectivity index (χ1n) is 5.66. The summed E-state index contributed by atoms with van der Waals surface area (Å²) in [5.74, 6) is 0.268. The van der Waals surface area contributed by atoms with Crippen LogP contribution in [0.5, 0.6) is 0 Å². The molecule has 3 nitrogen and oxygen atoms in total. The molecule has 1 rings (SSSR count). The van der Waals surface area contributed by atoms with Gasteiger partial charge in [-0.1, -0.05) is 13.8 Å². The van der Waals surface area contributed by atoms with Crippen LogP contribution in [0.25, 0.3) is 0 Å². The molecule has 0 aliphatic carbocycles. The average Bonchev–Trinajstić information content (AvgIpc) is 2.66. The molecule has 7 heteroatoms. The molecule has 0 saturated carbocycles. The van der Waals surface area contributed by atoms with E-state index < -0.39 is 12.8 Å². The third kappa shape index (κ3) is 4.91. The van der Waals surface area contributed by atoms with Gasteiger partial charge >= 0.3 is 6.18 Å². The Bertz CT molecular complexity index is 377. The number of nitrogens with zero attached hydrogens (tertiary/aromatic N) is 1. The minimum absolute atomic E-state index is 0.0224. The van der Waals surface area contributed by atoms with E-state index in [9.17, 15) is 13.2 Å². The first-order valence-corrected chi connectivity index (χ1v) is 6.48. The maximum Gasteiger partial charge on any atom is 0.411 e. The van der Waals surface area contributed by atoms with Crippen molar-refractivity contribution >= 4 is 11.3 Å². The van der Waals surface area contributed by atoms with Crippen LogP contribution in [0.15, 0.2) is 0 Å². The van der Waals surface area contributed by atoms with Gasteiger partial charge in [-0.05, 0) is 5.92 Å². The first kappa shape index (κ1) is 15.4. The van der Waals surface area contributed by atoms with Crippen LogP contribution in [0.1, 0.15) is 35.3 Å². The molecular formula is C11H17F3N2OS. The quantitative estimate of drug-likeness (QED) is 0.816. The van der Waals surface area contributed by atoms with Gasteiger partial charge in [0.1, 0.15) is 6.61 Å². The Morgan fingerprint density at radius 2 is 2.06 bits per heavy atom. The topological polar surface area (TPSA) is 48.1 Å². The van der Waals surface area contributed by atoms with E-state index in [1.54, 1.807) is 0 Å². The number of halogens is 3. The van der Waals surface area contributed by atoms with Gasteiger partial charge in [-0.2, -0.15) is 13.2 Å². The second-order valence-electron chi connectivity index (χ2n) is 4.19. The average molecular weight is 282 g/mol. The molecule has 2 N–H and O–H groups in total. The van der Waals surface area contributed by atoms with Crippen molar-refractivity contribution in [2.24, 2.45) is 5.73 Å². The number of ether oxygens (including phenoxy) is 1. The highest BCUT2D eigenvalue weighted by Crippen LogP contribution is 2.25. The van der Waals surface area contributed by atoms with Crippen molar-refractivity contribution in [3.05, 3.63) is 15.6 Å². The number of hydrogen-bond acceptors (Lipinski definition) is 4. The summed E-state index contributed by atoms with van der Waals surface area (Å²) >= 11 is 1.45. The number of aromatic nitrogens is 1. The van der Waals surface area contributed by atoms with Gasteiger partial charge in [0, 0.05) is 17.8 Å². The number of nitrogens with two attached hydrogens (primary N) is 1. The van der Waals surface area contributed by atoms with E-state index in [0.29, 0.717) is 13.0 Å². The summed E-state index contributed by atoms with van der Waals surface area (Å²) in [4.78, 5) is 5.39. The van der Waals surface area contributed by atoms with Crippen LogP contribution in [0.3, 0.4) is 0 Å². The number of thiazole rings is 1. The van der Waals surface area contributed by atoms with E-state index in [0.717, 1.165) is 15.6 Å². The molecule has 1 heterocycles. The van der Waals surface area contributed by atoms with Crippen LogP contribution in [-0.2, 0) is 17.7 Å². The van der Waals surface area contributed by atoms with Crippen molar-refractivity contribution in [2.75, 3.05) is 13.2 Å². The second kappa shape index (κ2) is 6.49. The molecule has 0 radical (unpaired) electrons. The summed E-state index contributed by atoms with van der Waals surface area (Å²) in [5, 5.41) is 0.779. The Morgan fingerprint density at radius 3 is 2.50 bits per heavy atom. The van der Waals surface area contributed by atoms with Crippen molar-refractivity contribution in [3.63, 3.8) is 0 Å². The molecule has 0 fully saturated rings. The lowest BCUT2D eigenvalue weighted by molar-refractivity contribution is -0.173. The highest BCUT2D eigenvalue weighted by molar-refractivity contribution is 7.11. The van der Waals surface area contributed by atoms with Crippen LogP contribution in [-0.4, -0.2) is 24.4 Å². The molecule has 1 aromatic rings. The molecule has 0 aromatic carbocycles. The fraction of sp³-hybridized carbons (Fsp3) is 0.727. The largest absolute Gasteiger partial charge is 0.411 e. The summed E-state index contributed by atoms with van der Waals surface area (Å²) in [5.41, 5.74) is 6.54. The molecule has 104 valence electrons. The third-order valence-corrected chi connectivity index (χ3v) is 3.38. The van der Waals surface area contributed by atoms with Crippen LogP contribution in [0.2, 0.25) is 0 Å². The van der Waals surface area contributed by atoms with E-state index in [1.165, 1.54) is 11.3 Å². The fourth-order valence-corrected chi connectivity index (χ4v) is 2.55. The Morgan fingerprint density at radius 1 is 1.39 bits per heavy atom. The van der Waals surface area contributed by atoms with E-state index in [4.69, 9.17) is 5.73 Å². The minimum atomic E-state index is -4.27. The lowest BCUT2D eigenvalue weighted by atomic mass is 10.1. The van der Waals surface area contributed by atoms with Crippen molar-refractivity contribution in [1.29, 1.82) is 0 Å². The Kier molecular flexibility index (Phi) is 5.55.